The highest BCUT2D eigenvalue weighted by molar-refractivity contribution is 5.86. The van der Waals surface area contributed by atoms with E-state index in [0.29, 0.717) is 24.4 Å². The number of nitrogens with zero attached hydrogens (tertiary/aromatic N) is 1. The summed E-state index contributed by atoms with van der Waals surface area (Å²) < 4.78 is 0. The molecule has 1 heterocycles. The van der Waals surface area contributed by atoms with Gasteiger partial charge < -0.3 is 10.2 Å². The van der Waals surface area contributed by atoms with Crippen LogP contribution in [0.1, 0.15) is 43.7 Å². The summed E-state index contributed by atoms with van der Waals surface area (Å²) in [5, 5.41) is 2.84. The second-order valence-corrected chi connectivity index (χ2v) is 7.73. The topological polar surface area (TPSA) is 49.4 Å². The fourth-order valence-electron chi connectivity index (χ4n) is 4.53. The van der Waals surface area contributed by atoms with Gasteiger partial charge in [-0.1, -0.05) is 37.8 Å². The molecule has 0 saturated carbocycles. The zero-order chi connectivity index (χ0) is 18.5. The Labute approximate surface area is 156 Å². The van der Waals surface area contributed by atoms with Crippen LogP contribution < -0.4 is 5.32 Å². The highest BCUT2D eigenvalue weighted by atomic mass is 16.2. The Morgan fingerprint density at radius 1 is 1.27 bits per heavy atom. The molecule has 1 aromatic rings. The molecule has 0 unspecified atom stereocenters. The van der Waals surface area contributed by atoms with E-state index in [0.717, 1.165) is 38.6 Å². The molecular formula is C22H30N2O2. The number of rotatable bonds is 6. The van der Waals surface area contributed by atoms with E-state index in [9.17, 15) is 9.59 Å². The molecular weight excluding hydrogens is 324 g/mol. The third-order valence-electron chi connectivity index (χ3n) is 5.96. The van der Waals surface area contributed by atoms with Gasteiger partial charge in [0, 0.05) is 25.0 Å². The van der Waals surface area contributed by atoms with Gasteiger partial charge in [0.2, 0.25) is 11.8 Å². The maximum atomic E-state index is 13.3. The molecule has 140 valence electrons. The number of carbonyl (C=O) groups excluding carboxylic acids is 2. The predicted octanol–water partition coefficient (Wildman–Crippen LogP) is 3.11. The third-order valence-corrected chi connectivity index (χ3v) is 5.96. The van der Waals surface area contributed by atoms with Gasteiger partial charge in [-0.25, -0.2) is 0 Å². The normalized spacial score (nSPS) is 22.7. The van der Waals surface area contributed by atoms with Crippen molar-refractivity contribution in [2.24, 2.45) is 11.8 Å². The average molecular weight is 354 g/mol. The lowest BCUT2D eigenvalue weighted by atomic mass is 9.86. The van der Waals surface area contributed by atoms with E-state index < -0.39 is 0 Å². The fraction of sp³-hybridized carbons (Fsp3) is 0.545. The number of carbonyl (C=O) groups is 2. The maximum absolute atomic E-state index is 13.3. The molecule has 2 atom stereocenters. The predicted molar refractivity (Wildman–Crippen MR) is 104 cm³/mol. The Morgan fingerprint density at radius 2 is 1.96 bits per heavy atom. The van der Waals surface area contributed by atoms with Crippen LogP contribution in [0.25, 0.3) is 0 Å². The van der Waals surface area contributed by atoms with Crippen molar-refractivity contribution in [3.63, 3.8) is 0 Å². The van der Waals surface area contributed by atoms with Crippen LogP contribution in [0.4, 0.5) is 0 Å². The minimum Gasteiger partial charge on any atom is -0.353 e. The fourth-order valence-corrected chi connectivity index (χ4v) is 4.53. The minimum atomic E-state index is -0.127. The van der Waals surface area contributed by atoms with Crippen LogP contribution in [0, 0.1) is 11.8 Å². The molecule has 0 radical (unpaired) electrons. The van der Waals surface area contributed by atoms with Crippen LogP contribution in [-0.4, -0.2) is 35.8 Å². The summed E-state index contributed by atoms with van der Waals surface area (Å²) >= 11 is 0. The molecule has 1 N–H and O–H groups in total. The first kappa shape index (κ1) is 18.7. The summed E-state index contributed by atoms with van der Waals surface area (Å²) in [5.74, 6) is 0.818. The number of fused-ring (bicyclic) bond motifs is 1. The summed E-state index contributed by atoms with van der Waals surface area (Å²) in [6.07, 6.45) is 7.17. The Bertz CT molecular complexity index is 645. The van der Waals surface area contributed by atoms with Crippen molar-refractivity contribution in [3.05, 3.63) is 48.0 Å². The van der Waals surface area contributed by atoms with E-state index in [1.807, 2.05) is 0 Å². The van der Waals surface area contributed by atoms with Crippen molar-refractivity contribution in [1.29, 1.82) is 0 Å². The summed E-state index contributed by atoms with van der Waals surface area (Å²) in [6.45, 7) is 7.25. The van der Waals surface area contributed by atoms with Gasteiger partial charge in [-0.05, 0) is 61.6 Å². The van der Waals surface area contributed by atoms with Gasteiger partial charge in [0.05, 0.1) is 0 Å². The van der Waals surface area contributed by atoms with E-state index in [1.165, 1.54) is 23.6 Å². The van der Waals surface area contributed by atoms with E-state index in [2.05, 4.69) is 48.0 Å². The molecule has 0 spiro atoms. The number of likely N-dealkylation sites (tertiary alicyclic amines) is 1. The standard InChI is InChI=1S/C22H30N2O2/c1-3-21(25)23-12-6-11-20-16(2)8-7-13-24(20)22(26)19-14-17-9-4-5-10-18(17)15-19/h3-5,9-10,16,19-20H,1,6-8,11-15H2,2H3,(H,23,25)/t16-,20-/m1/s1. The maximum Gasteiger partial charge on any atom is 0.243 e. The largest absolute Gasteiger partial charge is 0.353 e. The lowest BCUT2D eigenvalue weighted by molar-refractivity contribution is -0.140. The van der Waals surface area contributed by atoms with Crippen LogP contribution in [-0.2, 0) is 22.4 Å². The van der Waals surface area contributed by atoms with Crippen LogP contribution in [0.2, 0.25) is 0 Å². The molecule has 1 aliphatic heterocycles. The second kappa shape index (κ2) is 8.52. The SMILES string of the molecule is C=CC(=O)NCCC[C@@H]1[C@H](C)CCCN1C(=O)C1Cc2ccccc2C1. The number of nitrogens with one attached hydrogen (secondary N) is 1. The number of benzene rings is 1. The van der Waals surface area contributed by atoms with Crippen molar-refractivity contribution in [1.82, 2.24) is 10.2 Å². The Morgan fingerprint density at radius 3 is 2.62 bits per heavy atom. The first-order chi connectivity index (χ1) is 12.6. The zero-order valence-corrected chi connectivity index (χ0v) is 15.7. The van der Waals surface area contributed by atoms with E-state index >= 15 is 0 Å². The monoisotopic (exact) mass is 354 g/mol. The average Bonchev–Trinajstić information content (AvgIpc) is 3.09. The molecule has 4 nitrogen and oxygen atoms in total. The number of amides is 2. The molecule has 26 heavy (non-hydrogen) atoms. The Hall–Kier alpha value is -2.10. The Kier molecular flexibility index (Phi) is 6.12. The third kappa shape index (κ3) is 4.17. The van der Waals surface area contributed by atoms with Crippen LogP contribution in [0.5, 0.6) is 0 Å². The van der Waals surface area contributed by atoms with Gasteiger partial charge in [0.25, 0.3) is 0 Å². The molecule has 0 bridgehead atoms. The quantitative estimate of drug-likeness (QED) is 0.630. The smallest absolute Gasteiger partial charge is 0.243 e. The molecule has 1 aliphatic carbocycles. The van der Waals surface area contributed by atoms with Gasteiger partial charge in [-0.2, -0.15) is 0 Å². The van der Waals surface area contributed by atoms with Gasteiger partial charge in [-0.3, -0.25) is 9.59 Å². The molecule has 2 aliphatic rings. The second-order valence-electron chi connectivity index (χ2n) is 7.73. The molecule has 1 saturated heterocycles. The molecule has 1 aromatic carbocycles. The summed E-state index contributed by atoms with van der Waals surface area (Å²) in [7, 11) is 0. The number of hydrogen-bond acceptors (Lipinski definition) is 2. The van der Waals surface area contributed by atoms with Crippen LogP contribution in [0.3, 0.4) is 0 Å². The number of hydrogen-bond donors (Lipinski definition) is 1. The van der Waals surface area contributed by atoms with Gasteiger partial charge in [0.1, 0.15) is 0 Å². The highest BCUT2D eigenvalue weighted by Crippen LogP contribution is 2.32. The van der Waals surface area contributed by atoms with E-state index in [-0.39, 0.29) is 11.8 Å². The van der Waals surface area contributed by atoms with Crippen LogP contribution in [0.15, 0.2) is 36.9 Å². The summed E-state index contributed by atoms with van der Waals surface area (Å²) in [4.78, 5) is 26.7. The van der Waals surface area contributed by atoms with Crippen molar-refractivity contribution < 1.29 is 9.59 Å². The van der Waals surface area contributed by atoms with Crippen molar-refractivity contribution in [2.45, 2.75) is 51.5 Å². The number of piperidine rings is 1. The van der Waals surface area contributed by atoms with Crippen molar-refractivity contribution in [2.75, 3.05) is 13.1 Å². The van der Waals surface area contributed by atoms with Crippen molar-refractivity contribution >= 4 is 11.8 Å². The van der Waals surface area contributed by atoms with Crippen molar-refractivity contribution in [3.8, 4) is 0 Å². The molecule has 4 heteroatoms. The zero-order valence-electron chi connectivity index (χ0n) is 15.7. The first-order valence-electron chi connectivity index (χ1n) is 9.87. The molecule has 2 amide bonds. The van der Waals surface area contributed by atoms with E-state index in [4.69, 9.17) is 0 Å². The molecule has 3 rings (SSSR count). The first-order valence-corrected chi connectivity index (χ1v) is 9.87. The summed E-state index contributed by atoms with van der Waals surface area (Å²) in [5.41, 5.74) is 2.67. The van der Waals surface area contributed by atoms with Gasteiger partial charge in [-0.15, -0.1) is 0 Å². The lowest BCUT2D eigenvalue weighted by Gasteiger charge is -2.41. The Balaban J connectivity index is 1.60. The lowest BCUT2D eigenvalue weighted by Crippen LogP contribution is -2.50. The van der Waals surface area contributed by atoms with Crippen LogP contribution >= 0.6 is 0 Å². The molecule has 1 fully saturated rings. The summed E-state index contributed by atoms with van der Waals surface area (Å²) in [6, 6.07) is 8.73. The highest BCUT2D eigenvalue weighted by Gasteiger charge is 2.36. The minimum absolute atomic E-state index is 0.0978. The van der Waals surface area contributed by atoms with E-state index in [1.54, 1.807) is 0 Å². The molecule has 0 aromatic heterocycles. The van der Waals surface area contributed by atoms with Gasteiger partial charge >= 0.3 is 0 Å². The van der Waals surface area contributed by atoms with Gasteiger partial charge in [0.15, 0.2) is 0 Å².